The summed E-state index contributed by atoms with van der Waals surface area (Å²) in [6, 6.07) is 0. The van der Waals surface area contributed by atoms with E-state index in [4.69, 9.17) is 0 Å². The summed E-state index contributed by atoms with van der Waals surface area (Å²) in [4.78, 5) is 8.92. The summed E-state index contributed by atoms with van der Waals surface area (Å²) in [6.07, 6.45) is -9.96. The quantitative estimate of drug-likeness (QED) is 0.338. The zero-order valence-corrected chi connectivity index (χ0v) is 8.60. The summed E-state index contributed by atoms with van der Waals surface area (Å²) in [7, 11) is 1.05. The minimum atomic E-state index is -5.52. The molecule has 0 bridgehead atoms. The van der Waals surface area contributed by atoms with Crippen molar-refractivity contribution in [3.05, 3.63) is 12.2 Å². The van der Waals surface area contributed by atoms with Gasteiger partial charge in [0.15, 0.2) is 0 Å². The second kappa shape index (κ2) is 5.89. The molecule has 0 aliphatic rings. The van der Waals surface area contributed by atoms with E-state index in [9.17, 15) is 31.1 Å². The Bertz CT molecular complexity index is 269. The van der Waals surface area contributed by atoms with Gasteiger partial charge in [0.25, 0.3) is 0 Å². The Balaban J connectivity index is 4.44. The van der Waals surface area contributed by atoms with Crippen molar-refractivity contribution >= 4 is 5.97 Å². The van der Waals surface area contributed by atoms with Crippen LogP contribution in [0.5, 0.6) is 0 Å². The first kappa shape index (κ1) is 15.8. The van der Waals surface area contributed by atoms with Gasteiger partial charge in [-0.1, -0.05) is 12.2 Å². The number of halogens is 6. The molecule has 0 radical (unpaired) electrons. The number of carbonyl (C=O) groups excluding carboxylic acids is 1. The molecule has 0 amide bonds. The van der Waals surface area contributed by atoms with Crippen LogP contribution in [-0.2, 0) is 9.53 Å². The fraction of sp³-hybridized carbons (Fsp3) is 0.625. The maximum Gasteiger partial charge on any atom is 0.467 e. The van der Waals surface area contributed by atoms with Crippen molar-refractivity contribution in [2.75, 3.05) is 13.7 Å². The van der Waals surface area contributed by atoms with Gasteiger partial charge in [-0.25, -0.2) is 0 Å². The number of nitrogens with zero attached hydrogens (tertiary/aromatic N) is 1. The Labute approximate surface area is 92.6 Å². The van der Waals surface area contributed by atoms with Crippen LogP contribution in [0, 0.1) is 0 Å². The van der Waals surface area contributed by atoms with Crippen molar-refractivity contribution in [3.63, 3.8) is 0 Å². The molecule has 0 aliphatic carbocycles. The van der Waals surface area contributed by atoms with Gasteiger partial charge in [-0.3, -0.25) is 4.79 Å². The summed E-state index contributed by atoms with van der Waals surface area (Å²) in [5, 5.41) is 0. The van der Waals surface area contributed by atoms with Gasteiger partial charge in [0, 0.05) is 6.54 Å². The second-order valence-electron chi connectivity index (χ2n) is 2.80. The molecule has 0 fully saturated rings. The predicted octanol–water partition coefficient (Wildman–Crippen LogP) is 2.45. The lowest BCUT2D eigenvalue weighted by atomic mass is 10.3. The SMILES string of the molecule is COC(=O)CC=CCN(C(F)(F)F)C(F)(F)F. The van der Waals surface area contributed by atoms with Crippen LogP contribution in [0.2, 0.25) is 0 Å². The number of methoxy groups -OCH3 is 1. The first-order valence-electron chi connectivity index (χ1n) is 4.22. The van der Waals surface area contributed by atoms with E-state index >= 15 is 0 Å². The molecule has 100 valence electrons. The van der Waals surface area contributed by atoms with Gasteiger partial charge < -0.3 is 4.74 Å². The molecule has 9 heteroatoms. The van der Waals surface area contributed by atoms with Gasteiger partial charge in [0.2, 0.25) is 0 Å². The third kappa shape index (κ3) is 6.15. The van der Waals surface area contributed by atoms with Gasteiger partial charge >= 0.3 is 18.6 Å². The van der Waals surface area contributed by atoms with Gasteiger partial charge in [-0.15, -0.1) is 4.90 Å². The molecule has 0 spiro atoms. The van der Waals surface area contributed by atoms with Crippen molar-refractivity contribution in [2.24, 2.45) is 0 Å². The highest BCUT2D eigenvalue weighted by Gasteiger charge is 2.52. The molecule has 0 aliphatic heterocycles. The van der Waals surface area contributed by atoms with Crippen LogP contribution in [0.25, 0.3) is 0 Å². The highest BCUT2D eigenvalue weighted by molar-refractivity contribution is 5.70. The highest BCUT2D eigenvalue weighted by Crippen LogP contribution is 2.32. The van der Waals surface area contributed by atoms with Crippen LogP contribution >= 0.6 is 0 Å². The Morgan fingerprint density at radius 1 is 1.12 bits per heavy atom. The summed E-state index contributed by atoms with van der Waals surface area (Å²) < 4.78 is 75.8. The first-order valence-corrected chi connectivity index (χ1v) is 4.22. The van der Waals surface area contributed by atoms with Crippen molar-refractivity contribution in [1.29, 1.82) is 0 Å². The summed E-state index contributed by atoms with van der Waals surface area (Å²) in [5.74, 6) is -0.758. The zero-order valence-electron chi connectivity index (χ0n) is 8.60. The summed E-state index contributed by atoms with van der Waals surface area (Å²) in [6.45, 7) is -1.41. The van der Waals surface area contributed by atoms with E-state index in [0.717, 1.165) is 13.2 Å². The molecular formula is C8H9F6NO2. The van der Waals surface area contributed by atoms with Crippen molar-refractivity contribution in [3.8, 4) is 0 Å². The zero-order chi connectivity index (χ0) is 13.7. The lowest BCUT2D eigenvalue weighted by molar-refractivity contribution is -0.369. The molecule has 0 rings (SSSR count). The van der Waals surface area contributed by atoms with Crippen LogP contribution in [0.1, 0.15) is 6.42 Å². The molecule has 0 aromatic heterocycles. The van der Waals surface area contributed by atoms with E-state index in [2.05, 4.69) is 4.74 Å². The maximum absolute atomic E-state index is 11.9. The van der Waals surface area contributed by atoms with E-state index < -0.39 is 30.0 Å². The molecule has 0 heterocycles. The fourth-order valence-corrected chi connectivity index (χ4v) is 0.794. The average Bonchev–Trinajstić information content (AvgIpc) is 2.12. The summed E-state index contributed by atoms with van der Waals surface area (Å²) in [5.41, 5.74) is 0. The maximum atomic E-state index is 11.9. The van der Waals surface area contributed by atoms with E-state index in [1.165, 1.54) is 0 Å². The average molecular weight is 265 g/mol. The van der Waals surface area contributed by atoms with Gasteiger partial charge in [-0.2, -0.15) is 26.3 Å². The van der Waals surface area contributed by atoms with Gasteiger partial charge in [0.1, 0.15) is 0 Å². The van der Waals surface area contributed by atoms with Crippen LogP contribution in [0.3, 0.4) is 0 Å². The smallest absolute Gasteiger partial charge is 0.467 e. The van der Waals surface area contributed by atoms with Crippen LogP contribution in [0.4, 0.5) is 26.3 Å². The summed E-state index contributed by atoms with van der Waals surface area (Å²) >= 11 is 0. The van der Waals surface area contributed by atoms with Gasteiger partial charge in [-0.05, 0) is 0 Å². The number of alkyl halides is 6. The van der Waals surface area contributed by atoms with Crippen LogP contribution in [-0.4, -0.2) is 37.1 Å². The second-order valence-corrected chi connectivity index (χ2v) is 2.80. The standard InChI is InChI=1S/C8H9F6NO2/c1-17-6(16)4-2-3-5-15(7(9,10)11)8(12,13)14/h2-3H,4-5H2,1H3. The van der Waals surface area contributed by atoms with E-state index in [0.29, 0.717) is 6.08 Å². The molecule has 17 heavy (non-hydrogen) atoms. The normalized spacial score (nSPS) is 13.4. The lowest BCUT2D eigenvalue weighted by Crippen LogP contribution is -2.47. The number of carbonyl (C=O) groups is 1. The van der Waals surface area contributed by atoms with Crippen molar-refractivity contribution in [1.82, 2.24) is 4.90 Å². The monoisotopic (exact) mass is 265 g/mol. The topological polar surface area (TPSA) is 29.5 Å². The minimum Gasteiger partial charge on any atom is -0.469 e. The Kier molecular flexibility index (Phi) is 5.46. The molecule has 0 saturated carbocycles. The Morgan fingerprint density at radius 2 is 1.59 bits per heavy atom. The fourth-order valence-electron chi connectivity index (χ4n) is 0.794. The number of ether oxygens (including phenoxy) is 1. The molecule has 0 aromatic rings. The largest absolute Gasteiger partial charge is 0.469 e. The Hall–Kier alpha value is -1.25. The molecule has 0 saturated heterocycles. The molecule has 0 aromatic carbocycles. The van der Waals surface area contributed by atoms with Crippen LogP contribution < -0.4 is 0 Å². The molecule has 0 atom stereocenters. The number of rotatable bonds is 4. The van der Waals surface area contributed by atoms with Crippen LogP contribution in [0.15, 0.2) is 12.2 Å². The van der Waals surface area contributed by atoms with Crippen molar-refractivity contribution < 1.29 is 35.9 Å². The number of esters is 1. The van der Waals surface area contributed by atoms with E-state index in [1.54, 1.807) is 0 Å². The van der Waals surface area contributed by atoms with Crippen molar-refractivity contribution in [2.45, 2.75) is 19.0 Å². The molecule has 0 unspecified atom stereocenters. The van der Waals surface area contributed by atoms with E-state index in [-0.39, 0.29) is 6.42 Å². The first-order chi connectivity index (χ1) is 7.59. The number of hydrogen-bond donors (Lipinski definition) is 0. The minimum absolute atomic E-state index is 0.389. The Morgan fingerprint density at radius 3 is 1.94 bits per heavy atom. The third-order valence-electron chi connectivity index (χ3n) is 1.58. The predicted molar refractivity (Wildman–Crippen MR) is 44.6 cm³/mol. The molecule has 0 N–H and O–H groups in total. The van der Waals surface area contributed by atoms with E-state index in [1.807, 2.05) is 0 Å². The molecular weight excluding hydrogens is 256 g/mol. The van der Waals surface area contributed by atoms with Gasteiger partial charge in [0.05, 0.1) is 13.5 Å². The highest BCUT2D eigenvalue weighted by atomic mass is 19.4. The molecule has 3 nitrogen and oxygen atoms in total. The lowest BCUT2D eigenvalue weighted by Gasteiger charge is -2.25. The third-order valence-corrected chi connectivity index (χ3v) is 1.58. The number of hydrogen-bond acceptors (Lipinski definition) is 3.